The Kier molecular flexibility index (Phi) is 2.88. The van der Waals surface area contributed by atoms with Gasteiger partial charge in [0.15, 0.2) is 17.7 Å². The first-order chi connectivity index (χ1) is 8.82. The fourth-order valence-corrected chi connectivity index (χ4v) is 1.48. The summed E-state index contributed by atoms with van der Waals surface area (Å²) < 4.78 is 0. The summed E-state index contributed by atoms with van der Waals surface area (Å²) in [4.78, 5) is 43.1. The lowest BCUT2D eigenvalue weighted by atomic mass is 10.1. The second kappa shape index (κ2) is 4.26. The van der Waals surface area contributed by atoms with Gasteiger partial charge in [0, 0.05) is 6.92 Å². The van der Waals surface area contributed by atoms with Crippen molar-refractivity contribution in [3.63, 3.8) is 0 Å². The minimum absolute atomic E-state index is 0.107. The molecule has 19 heavy (non-hydrogen) atoms. The number of nitrogens with two attached hydrogens (primary N) is 1. The van der Waals surface area contributed by atoms with E-state index in [1.54, 1.807) is 0 Å². The molecule has 1 aromatic heterocycles. The molecule has 4 N–H and O–H groups in total. The predicted octanol–water partition coefficient (Wildman–Crippen LogP) is -1.78. The average Bonchev–Trinajstić information content (AvgIpc) is 2.33. The molecular weight excluding hydrogens is 258 g/mol. The normalized spacial score (nSPS) is 17.7. The van der Waals surface area contributed by atoms with Crippen molar-refractivity contribution in [2.75, 3.05) is 10.8 Å². The number of hydrogen-bond acceptors (Lipinski definition) is 9. The van der Waals surface area contributed by atoms with E-state index in [1.165, 1.54) is 0 Å². The van der Waals surface area contributed by atoms with Gasteiger partial charge in [0.2, 0.25) is 17.5 Å². The number of H-pyrrole nitrogens is 1. The van der Waals surface area contributed by atoms with E-state index in [0.717, 1.165) is 6.92 Å². The Morgan fingerprint density at radius 2 is 2.16 bits per heavy atom. The van der Waals surface area contributed by atoms with Gasteiger partial charge in [0.05, 0.1) is 0 Å². The van der Waals surface area contributed by atoms with Gasteiger partial charge in [-0.1, -0.05) is 0 Å². The SMILES string of the molecule is CC(=O)C(=O)C1=Nc2c(nc(N)[nH]c2=O)N([O-])C1O. The lowest BCUT2D eigenvalue weighted by molar-refractivity contribution is -0.131. The maximum absolute atomic E-state index is 11.7. The lowest BCUT2D eigenvalue weighted by Crippen LogP contribution is -2.46. The van der Waals surface area contributed by atoms with Crippen LogP contribution in [0.25, 0.3) is 0 Å². The second-order valence-electron chi connectivity index (χ2n) is 3.71. The molecular formula is C9H8N5O5-. The number of carbonyl (C=O) groups excluding carboxylic acids is 2. The van der Waals surface area contributed by atoms with Crippen LogP contribution in [-0.2, 0) is 9.59 Å². The van der Waals surface area contributed by atoms with E-state index in [0.29, 0.717) is 0 Å². The summed E-state index contributed by atoms with van der Waals surface area (Å²) >= 11 is 0. The molecule has 1 atom stereocenters. The number of carbonyl (C=O) groups is 2. The monoisotopic (exact) mass is 266 g/mol. The first kappa shape index (κ1) is 12.9. The van der Waals surface area contributed by atoms with E-state index in [4.69, 9.17) is 5.73 Å². The number of nitrogens with zero attached hydrogens (tertiary/aromatic N) is 3. The number of aliphatic imine (C=N–C) groups is 1. The highest BCUT2D eigenvalue weighted by Crippen LogP contribution is 2.28. The number of aromatic amines is 1. The van der Waals surface area contributed by atoms with Crippen molar-refractivity contribution in [2.24, 2.45) is 4.99 Å². The largest absolute Gasteiger partial charge is 0.755 e. The molecule has 0 radical (unpaired) electrons. The Hall–Kier alpha value is -2.59. The van der Waals surface area contributed by atoms with Crippen LogP contribution in [0.15, 0.2) is 9.79 Å². The van der Waals surface area contributed by atoms with Crippen LogP contribution in [-0.4, -0.2) is 38.6 Å². The van der Waals surface area contributed by atoms with Gasteiger partial charge in [-0.05, 0) is 0 Å². The Labute approximate surface area is 105 Å². The van der Waals surface area contributed by atoms with Gasteiger partial charge >= 0.3 is 0 Å². The van der Waals surface area contributed by atoms with Crippen molar-refractivity contribution >= 4 is 34.7 Å². The van der Waals surface area contributed by atoms with E-state index >= 15 is 0 Å². The number of nitrogen functional groups attached to an aromatic ring is 1. The summed E-state index contributed by atoms with van der Waals surface area (Å²) in [6, 6.07) is 0. The molecule has 0 aromatic carbocycles. The number of anilines is 2. The van der Waals surface area contributed by atoms with E-state index in [-0.39, 0.29) is 11.0 Å². The molecule has 10 heteroatoms. The van der Waals surface area contributed by atoms with Crippen molar-refractivity contribution in [1.82, 2.24) is 9.97 Å². The molecule has 0 spiro atoms. The van der Waals surface area contributed by atoms with Crippen LogP contribution in [0, 0.1) is 5.21 Å². The highest BCUT2D eigenvalue weighted by molar-refractivity contribution is 6.66. The number of Topliss-reactive ketones (excluding diaryl/α,β-unsaturated/α-hetero) is 2. The van der Waals surface area contributed by atoms with Gasteiger partial charge in [0.25, 0.3) is 5.56 Å². The van der Waals surface area contributed by atoms with E-state index in [9.17, 15) is 24.7 Å². The third kappa shape index (κ3) is 1.98. The molecule has 0 aliphatic carbocycles. The van der Waals surface area contributed by atoms with Crippen molar-refractivity contribution in [3.05, 3.63) is 15.6 Å². The number of aliphatic hydroxyl groups excluding tert-OH is 1. The molecule has 1 aliphatic heterocycles. The van der Waals surface area contributed by atoms with Crippen molar-refractivity contribution in [1.29, 1.82) is 0 Å². The molecule has 2 heterocycles. The highest BCUT2D eigenvalue weighted by Gasteiger charge is 2.32. The molecule has 100 valence electrons. The number of fused-ring (bicyclic) bond motifs is 1. The number of nitrogens with one attached hydrogen (secondary N) is 1. The average molecular weight is 266 g/mol. The number of aromatic nitrogens is 2. The molecule has 0 fully saturated rings. The number of rotatable bonds is 2. The number of ketones is 2. The summed E-state index contributed by atoms with van der Waals surface area (Å²) in [7, 11) is 0. The maximum atomic E-state index is 11.7. The number of hydrogen-bond donors (Lipinski definition) is 3. The smallest absolute Gasteiger partial charge is 0.280 e. The summed E-state index contributed by atoms with van der Waals surface area (Å²) in [5.41, 5.74) is 3.18. The quantitative estimate of drug-likeness (QED) is 0.528. The third-order valence-corrected chi connectivity index (χ3v) is 2.35. The topological polar surface area (TPSA) is 165 Å². The van der Waals surface area contributed by atoms with Gasteiger partial charge < -0.3 is 21.1 Å². The first-order valence-electron chi connectivity index (χ1n) is 5.01. The molecule has 10 nitrogen and oxygen atoms in total. The van der Waals surface area contributed by atoms with Crippen LogP contribution in [0.3, 0.4) is 0 Å². The molecule has 1 unspecified atom stereocenters. The van der Waals surface area contributed by atoms with Crippen LogP contribution in [0.1, 0.15) is 6.92 Å². The van der Waals surface area contributed by atoms with Gasteiger partial charge in [-0.25, -0.2) is 4.99 Å². The highest BCUT2D eigenvalue weighted by atomic mass is 16.5. The zero-order chi connectivity index (χ0) is 14.3. The molecule has 1 aromatic rings. The second-order valence-corrected chi connectivity index (χ2v) is 3.71. The molecule has 0 amide bonds. The van der Waals surface area contributed by atoms with Gasteiger partial charge in [-0.15, -0.1) is 0 Å². The fraction of sp³-hybridized carbons (Fsp3) is 0.222. The van der Waals surface area contributed by atoms with Gasteiger partial charge in [-0.2, -0.15) is 4.98 Å². The molecule has 0 saturated heterocycles. The zero-order valence-corrected chi connectivity index (χ0v) is 9.58. The minimum Gasteiger partial charge on any atom is -0.755 e. The Morgan fingerprint density at radius 1 is 1.53 bits per heavy atom. The third-order valence-electron chi connectivity index (χ3n) is 2.35. The fourth-order valence-electron chi connectivity index (χ4n) is 1.48. The van der Waals surface area contributed by atoms with Gasteiger partial charge in [-0.3, -0.25) is 19.4 Å². The summed E-state index contributed by atoms with van der Waals surface area (Å²) in [5, 5.41) is 21.2. The van der Waals surface area contributed by atoms with Gasteiger partial charge in [0.1, 0.15) is 5.71 Å². The van der Waals surface area contributed by atoms with Crippen LogP contribution in [0.2, 0.25) is 0 Å². The minimum atomic E-state index is -2.02. The van der Waals surface area contributed by atoms with Crippen molar-refractivity contribution in [3.8, 4) is 0 Å². The van der Waals surface area contributed by atoms with E-state index in [2.05, 4.69) is 15.0 Å². The van der Waals surface area contributed by atoms with Crippen molar-refractivity contribution in [2.45, 2.75) is 13.2 Å². The standard InChI is InChI=1S/C9H8N5O5/c1-2(15)5(16)3-8(18)14(19)6-4(11-3)7(17)13-9(10)12-6/h8,18H,1H3,(H3,10,12,13,17)/q-1. The summed E-state index contributed by atoms with van der Waals surface area (Å²) in [5.74, 6) is -2.94. The van der Waals surface area contributed by atoms with Crippen LogP contribution >= 0.6 is 0 Å². The predicted molar refractivity (Wildman–Crippen MR) is 63.9 cm³/mol. The number of aliphatic hydroxyl groups is 1. The number of hydroxylamine groups is 1. The lowest BCUT2D eigenvalue weighted by Gasteiger charge is -2.37. The summed E-state index contributed by atoms with van der Waals surface area (Å²) in [6.45, 7) is 0.952. The maximum Gasteiger partial charge on any atom is 0.280 e. The molecule has 0 bridgehead atoms. The summed E-state index contributed by atoms with van der Waals surface area (Å²) in [6.07, 6.45) is -2.02. The van der Waals surface area contributed by atoms with E-state index in [1.807, 2.05) is 0 Å². The zero-order valence-electron chi connectivity index (χ0n) is 9.58. The molecule has 2 rings (SSSR count). The van der Waals surface area contributed by atoms with Crippen LogP contribution in [0.4, 0.5) is 17.5 Å². The molecule has 0 saturated carbocycles. The van der Waals surface area contributed by atoms with Crippen LogP contribution in [0.5, 0.6) is 0 Å². The van der Waals surface area contributed by atoms with E-state index < -0.39 is 40.6 Å². The molecule has 1 aliphatic rings. The van der Waals surface area contributed by atoms with Crippen molar-refractivity contribution < 1.29 is 14.7 Å². The Balaban J connectivity index is 2.67. The van der Waals surface area contributed by atoms with Crippen LogP contribution < -0.4 is 16.4 Å². The Morgan fingerprint density at radius 3 is 2.74 bits per heavy atom. The first-order valence-corrected chi connectivity index (χ1v) is 5.01. The Bertz CT molecular complexity index is 663.